The minimum Gasteiger partial charge on any atom is -0.477 e. The van der Waals surface area contributed by atoms with Crippen LogP contribution in [0.2, 0.25) is 0 Å². The molecule has 1 aromatic carbocycles. The van der Waals surface area contributed by atoms with Gasteiger partial charge in [0.15, 0.2) is 9.84 Å². The van der Waals surface area contributed by atoms with Crippen molar-refractivity contribution in [2.75, 3.05) is 17.7 Å². The van der Waals surface area contributed by atoms with Crippen molar-refractivity contribution in [1.82, 2.24) is 4.98 Å². The minimum absolute atomic E-state index is 0.0513. The molecule has 0 spiro atoms. The van der Waals surface area contributed by atoms with Crippen LogP contribution in [0.25, 0.3) is 11.1 Å². The largest absolute Gasteiger partial charge is 0.477 e. The molecule has 0 aliphatic heterocycles. The first kappa shape index (κ1) is 22.0. The fourth-order valence-corrected chi connectivity index (χ4v) is 4.52. The highest BCUT2D eigenvalue weighted by molar-refractivity contribution is 7.91. The number of nitrogens with one attached hydrogen (secondary N) is 1. The van der Waals surface area contributed by atoms with Gasteiger partial charge in [0.2, 0.25) is 11.8 Å². The lowest BCUT2D eigenvalue weighted by Crippen LogP contribution is -2.13. The smallest absolute Gasteiger partial charge is 0.229 e. The van der Waals surface area contributed by atoms with E-state index in [4.69, 9.17) is 4.74 Å². The van der Waals surface area contributed by atoms with E-state index in [-0.39, 0.29) is 23.0 Å². The molecule has 0 radical (unpaired) electrons. The van der Waals surface area contributed by atoms with E-state index in [1.165, 1.54) is 11.3 Å². The van der Waals surface area contributed by atoms with Gasteiger partial charge < -0.3 is 10.1 Å². The molecule has 3 rings (SSSR count). The van der Waals surface area contributed by atoms with Gasteiger partial charge in [-0.15, -0.1) is 11.3 Å². The Morgan fingerprint density at radius 3 is 2.63 bits per heavy atom. The second-order valence-corrected chi connectivity index (χ2v) is 9.87. The van der Waals surface area contributed by atoms with Crippen molar-refractivity contribution in [2.24, 2.45) is 0 Å². The Balaban J connectivity index is 1.66. The zero-order valence-electron chi connectivity index (χ0n) is 16.9. The van der Waals surface area contributed by atoms with Crippen LogP contribution in [-0.4, -0.2) is 31.7 Å². The zero-order chi connectivity index (χ0) is 21.6. The average molecular weight is 445 g/mol. The SMILES string of the molecule is CCCOc1ncccc1-c1csc(NC(=O)Cc2ccc(S(=O)(=O)CC)cc2)c1. The van der Waals surface area contributed by atoms with Gasteiger partial charge in [0.1, 0.15) is 0 Å². The Morgan fingerprint density at radius 2 is 1.93 bits per heavy atom. The number of thiophene rings is 1. The van der Waals surface area contributed by atoms with Crippen molar-refractivity contribution in [2.45, 2.75) is 31.6 Å². The highest BCUT2D eigenvalue weighted by Gasteiger charge is 2.13. The summed E-state index contributed by atoms with van der Waals surface area (Å²) in [6.07, 6.45) is 2.75. The molecule has 0 atom stereocenters. The number of nitrogens with zero attached hydrogens (tertiary/aromatic N) is 1. The van der Waals surface area contributed by atoms with E-state index in [1.807, 2.05) is 30.5 Å². The molecule has 0 saturated carbocycles. The van der Waals surface area contributed by atoms with E-state index in [9.17, 15) is 13.2 Å². The molecule has 3 aromatic rings. The lowest BCUT2D eigenvalue weighted by Gasteiger charge is -2.08. The highest BCUT2D eigenvalue weighted by Crippen LogP contribution is 2.33. The zero-order valence-corrected chi connectivity index (χ0v) is 18.6. The minimum atomic E-state index is -3.24. The summed E-state index contributed by atoms with van der Waals surface area (Å²) in [4.78, 5) is 17.0. The summed E-state index contributed by atoms with van der Waals surface area (Å²) < 4.78 is 29.5. The summed E-state index contributed by atoms with van der Waals surface area (Å²) in [5.41, 5.74) is 2.57. The van der Waals surface area contributed by atoms with Gasteiger partial charge in [-0.2, -0.15) is 0 Å². The first-order valence-corrected chi connectivity index (χ1v) is 12.2. The number of pyridine rings is 1. The number of hydrogen-bond donors (Lipinski definition) is 1. The Labute approximate surface area is 180 Å². The van der Waals surface area contributed by atoms with Crippen LogP contribution in [0, 0.1) is 0 Å². The van der Waals surface area contributed by atoms with Crippen molar-refractivity contribution in [1.29, 1.82) is 0 Å². The number of hydrogen-bond acceptors (Lipinski definition) is 6. The number of carbonyl (C=O) groups is 1. The lowest BCUT2D eigenvalue weighted by molar-refractivity contribution is -0.115. The first-order chi connectivity index (χ1) is 14.4. The molecule has 1 amide bonds. The summed E-state index contributed by atoms with van der Waals surface area (Å²) in [5.74, 6) is 0.468. The summed E-state index contributed by atoms with van der Waals surface area (Å²) in [6.45, 7) is 4.24. The van der Waals surface area contributed by atoms with Crippen molar-refractivity contribution < 1.29 is 17.9 Å². The van der Waals surface area contributed by atoms with Crippen molar-refractivity contribution in [3.8, 4) is 17.0 Å². The fraction of sp³-hybridized carbons (Fsp3) is 0.273. The second kappa shape index (κ2) is 9.86. The monoisotopic (exact) mass is 444 g/mol. The van der Waals surface area contributed by atoms with Gasteiger partial charge in [-0.05, 0) is 47.9 Å². The van der Waals surface area contributed by atoms with Crippen molar-refractivity contribution in [3.05, 3.63) is 59.6 Å². The predicted molar refractivity (Wildman–Crippen MR) is 120 cm³/mol. The molecule has 0 aliphatic rings. The highest BCUT2D eigenvalue weighted by atomic mass is 32.2. The molecule has 2 heterocycles. The van der Waals surface area contributed by atoms with Crippen molar-refractivity contribution >= 4 is 32.1 Å². The standard InChI is InChI=1S/C22H24N2O4S2/c1-3-12-28-22-19(6-5-11-23-22)17-14-21(29-15-17)24-20(25)13-16-7-9-18(10-8-16)30(26,27)4-2/h5-11,14-15H,3-4,12-13H2,1-2H3,(H,24,25). The van der Waals surface area contributed by atoms with E-state index in [0.717, 1.165) is 28.1 Å². The van der Waals surface area contributed by atoms with Gasteiger partial charge in [0.25, 0.3) is 0 Å². The van der Waals surface area contributed by atoms with Gasteiger partial charge in [0, 0.05) is 17.1 Å². The summed E-state index contributed by atoms with van der Waals surface area (Å²) >= 11 is 1.43. The van der Waals surface area contributed by atoms with E-state index in [2.05, 4.69) is 10.3 Å². The lowest BCUT2D eigenvalue weighted by atomic mass is 10.1. The average Bonchev–Trinajstić information content (AvgIpc) is 3.21. The number of carbonyl (C=O) groups excluding carboxylic acids is 1. The number of amides is 1. The molecule has 0 aliphatic carbocycles. The normalized spacial score (nSPS) is 11.3. The van der Waals surface area contributed by atoms with Gasteiger partial charge in [-0.1, -0.05) is 26.0 Å². The maximum absolute atomic E-state index is 12.4. The third-order valence-corrected chi connectivity index (χ3v) is 7.01. The number of anilines is 1. The van der Waals surface area contributed by atoms with E-state index in [1.54, 1.807) is 37.4 Å². The second-order valence-electron chi connectivity index (χ2n) is 6.68. The summed E-state index contributed by atoms with van der Waals surface area (Å²) in [6, 6.07) is 12.1. The third kappa shape index (κ3) is 5.46. The molecular formula is C22H24N2O4S2. The summed E-state index contributed by atoms with van der Waals surface area (Å²) in [5, 5.41) is 5.58. The summed E-state index contributed by atoms with van der Waals surface area (Å²) in [7, 11) is -3.24. The fourth-order valence-electron chi connectivity index (χ4n) is 2.82. The van der Waals surface area contributed by atoms with E-state index in [0.29, 0.717) is 12.5 Å². The molecule has 0 bridgehead atoms. The van der Waals surface area contributed by atoms with Crippen LogP contribution in [0.1, 0.15) is 25.8 Å². The first-order valence-electron chi connectivity index (χ1n) is 9.71. The maximum atomic E-state index is 12.4. The Morgan fingerprint density at radius 1 is 1.17 bits per heavy atom. The Hall–Kier alpha value is -2.71. The van der Waals surface area contributed by atoms with Crippen LogP contribution in [0.4, 0.5) is 5.00 Å². The van der Waals surface area contributed by atoms with Crippen LogP contribution in [0.15, 0.2) is 58.9 Å². The van der Waals surface area contributed by atoms with Gasteiger partial charge in [-0.3, -0.25) is 4.79 Å². The van der Waals surface area contributed by atoms with Crippen LogP contribution >= 0.6 is 11.3 Å². The van der Waals surface area contributed by atoms with Crippen LogP contribution in [-0.2, 0) is 21.1 Å². The van der Waals surface area contributed by atoms with E-state index < -0.39 is 9.84 Å². The molecule has 2 aromatic heterocycles. The van der Waals surface area contributed by atoms with Gasteiger partial charge in [-0.25, -0.2) is 13.4 Å². The number of sulfone groups is 1. The van der Waals surface area contributed by atoms with Crippen LogP contribution < -0.4 is 10.1 Å². The van der Waals surface area contributed by atoms with Crippen LogP contribution in [0.5, 0.6) is 5.88 Å². The van der Waals surface area contributed by atoms with Crippen molar-refractivity contribution in [3.63, 3.8) is 0 Å². The predicted octanol–water partition coefficient (Wildman–Crippen LogP) is 4.57. The van der Waals surface area contributed by atoms with Crippen LogP contribution in [0.3, 0.4) is 0 Å². The molecule has 0 unspecified atom stereocenters. The molecule has 30 heavy (non-hydrogen) atoms. The number of rotatable bonds is 9. The quantitative estimate of drug-likeness (QED) is 0.522. The Kier molecular flexibility index (Phi) is 7.23. The van der Waals surface area contributed by atoms with Gasteiger partial charge >= 0.3 is 0 Å². The molecule has 158 valence electrons. The molecule has 8 heteroatoms. The molecule has 0 fully saturated rings. The van der Waals surface area contributed by atoms with Gasteiger partial charge in [0.05, 0.1) is 28.7 Å². The number of benzene rings is 1. The number of ether oxygens (including phenoxy) is 1. The topological polar surface area (TPSA) is 85.4 Å². The molecule has 1 N–H and O–H groups in total. The molecule has 0 saturated heterocycles. The molecular weight excluding hydrogens is 420 g/mol. The van der Waals surface area contributed by atoms with E-state index >= 15 is 0 Å². The molecule has 6 nitrogen and oxygen atoms in total. The Bertz CT molecular complexity index is 1110. The third-order valence-electron chi connectivity index (χ3n) is 4.41. The maximum Gasteiger partial charge on any atom is 0.229 e. The number of aromatic nitrogens is 1.